The summed E-state index contributed by atoms with van der Waals surface area (Å²) in [4.78, 5) is 12.1. The molecule has 6 heteroatoms. The van der Waals surface area contributed by atoms with Crippen LogP contribution in [0.5, 0.6) is 5.75 Å². The molecule has 1 aliphatic rings. The van der Waals surface area contributed by atoms with E-state index in [4.69, 9.17) is 17.0 Å². The molecule has 1 heterocycles. The highest BCUT2D eigenvalue weighted by atomic mass is 79.9. The largest absolute Gasteiger partial charge is 0.497 e. The molecule has 1 saturated heterocycles. The number of thioether (sulfide) groups is 1. The molecule has 88 valence electrons. The lowest BCUT2D eigenvalue weighted by Gasteiger charge is -2.03. The fourth-order valence-electron chi connectivity index (χ4n) is 1.32. The van der Waals surface area contributed by atoms with Gasteiger partial charge in [0.15, 0.2) is 0 Å². The minimum atomic E-state index is -0.158. The molecule has 0 spiro atoms. The summed E-state index contributed by atoms with van der Waals surface area (Å²) in [6.45, 7) is 0. The van der Waals surface area contributed by atoms with E-state index in [9.17, 15) is 4.79 Å². The molecule has 0 unspecified atom stereocenters. The molecule has 1 aromatic carbocycles. The van der Waals surface area contributed by atoms with Crippen LogP contribution in [0.25, 0.3) is 6.08 Å². The van der Waals surface area contributed by atoms with Gasteiger partial charge >= 0.3 is 0 Å². The second-order valence-corrected chi connectivity index (χ2v) is 5.81. The summed E-state index contributed by atoms with van der Waals surface area (Å²) >= 11 is 9.61. The summed E-state index contributed by atoms with van der Waals surface area (Å²) in [5, 5.41) is 2.58. The van der Waals surface area contributed by atoms with Gasteiger partial charge in [-0.15, -0.1) is 0 Å². The maximum absolute atomic E-state index is 11.5. The van der Waals surface area contributed by atoms with Crippen LogP contribution in [0.1, 0.15) is 5.56 Å². The Hall–Kier alpha value is -0.850. The van der Waals surface area contributed by atoms with E-state index in [1.54, 1.807) is 13.2 Å². The molecule has 0 bridgehead atoms. The minimum Gasteiger partial charge on any atom is -0.497 e. The predicted molar refractivity (Wildman–Crippen MR) is 77.0 cm³/mol. The number of thiocarbonyl (C=S) groups is 1. The van der Waals surface area contributed by atoms with Gasteiger partial charge in [-0.05, 0) is 29.8 Å². The van der Waals surface area contributed by atoms with Crippen LogP contribution in [0.15, 0.2) is 27.6 Å². The second kappa shape index (κ2) is 5.20. The van der Waals surface area contributed by atoms with E-state index in [1.807, 2.05) is 18.2 Å². The van der Waals surface area contributed by atoms with Gasteiger partial charge in [0, 0.05) is 4.47 Å². The van der Waals surface area contributed by atoms with Gasteiger partial charge in [0.2, 0.25) is 0 Å². The average molecular weight is 330 g/mol. The van der Waals surface area contributed by atoms with Crippen LogP contribution in [-0.2, 0) is 4.79 Å². The molecule has 0 aliphatic carbocycles. The monoisotopic (exact) mass is 329 g/mol. The van der Waals surface area contributed by atoms with Crippen molar-refractivity contribution in [2.24, 2.45) is 0 Å². The van der Waals surface area contributed by atoms with Crippen molar-refractivity contribution in [2.75, 3.05) is 7.11 Å². The fourth-order valence-corrected chi connectivity index (χ4v) is 2.72. The summed E-state index contributed by atoms with van der Waals surface area (Å²) in [5.41, 5.74) is 0.881. The number of carbonyl (C=O) groups is 1. The van der Waals surface area contributed by atoms with E-state index in [1.165, 1.54) is 11.8 Å². The highest BCUT2D eigenvalue weighted by Gasteiger charge is 2.22. The Bertz CT molecular complexity index is 528. The zero-order valence-corrected chi connectivity index (χ0v) is 12.0. The second-order valence-electron chi connectivity index (χ2n) is 3.24. The molecule has 17 heavy (non-hydrogen) atoms. The first-order valence-corrected chi connectivity index (χ1v) is 6.70. The van der Waals surface area contributed by atoms with Crippen molar-refractivity contribution in [1.82, 2.24) is 5.32 Å². The van der Waals surface area contributed by atoms with Gasteiger partial charge in [-0.2, -0.15) is 0 Å². The quantitative estimate of drug-likeness (QED) is 0.668. The number of amides is 1. The molecular formula is C11H8BrNO2S2. The number of nitrogens with one attached hydrogen (secondary N) is 1. The molecule has 2 rings (SSSR count). The van der Waals surface area contributed by atoms with Crippen LogP contribution in [0.4, 0.5) is 0 Å². The number of hydrogen-bond donors (Lipinski definition) is 1. The molecule has 0 aromatic heterocycles. The number of rotatable bonds is 2. The molecule has 1 N–H and O–H groups in total. The number of carbonyl (C=O) groups excluding carboxylic acids is 1. The Morgan fingerprint density at radius 1 is 1.53 bits per heavy atom. The third-order valence-electron chi connectivity index (χ3n) is 2.13. The van der Waals surface area contributed by atoms with E-state index < -0.39 is 0 Å². The third kappa shape index (κ3) is 2.88. The van der Waals surface area contributed by atoms with Crippen LogP contribution < -0.4 is 10.1 Å². The van der Waals surface area contributed by atoms with Crippen molar-refractivity contribution >= 4 is 56.2 Å². The molecule has 0 saturated carbocycles. The van der Waals surface area contributed by atoms with Gasteiger partial charge in [0.25, 0.3) is 5.91 Å². The summed E-state index contributed by atoms with van der Waals surface area (Å²) in [6.07, 6.45) is 1.78. The first-order chi connectivity index (χ1) is 8.10. The van der Waals surface area contributed by atoms with Gasteiger partial charge in [-0.25, -0.2) is 0 Å². The zero-order valence-electron chi connectivity index (χ0n) is 8.82. The number of methoxy groups -OCH3 is 1. The Morgan fingerprint density at radius 3 is 2.88 bits per heavy atom. The normalized spacial score (nSPS) is 17.4. The van der Waals surface area contributed by atoms with Crippen molar-refractivity contribution in [1.29, 1.82) is 0 Å². The number of halogens is 1. The van der Waals surface area contributed by atoms with E-state index >= 15 is 0 Å². The molecule has 1 fully saturated rings. The van der Waals surface area contributed by atoms with Crippen molar-refractivity contribution in [3.05, 3.63) is 33.1 Å². The van der Waals surface area contributed by atoms with Crippen molar-refractivity contribution in [3.8, 4) is 5.75 Å². The molecule has 1 aliphatic heterocycles. The highest BCUT2D eigenvalue weighted by molar-refractivity contribution is 9.10. The molecule has 0 atom stereocenters. The van der Waals surface area contributed by atoms with E-state index in [0.717, 1.165) is 15.8 Å². The molecule has 3 nitrogen and oxygen atoms in total. The molecule has 1 aromatic rings. The van der Waals surface area contributed by atoms with Gasteiger partial charge in [0.1, 0.15) is 10.1 Å². The molecule has 1 amide bonds. The summed E-state index contributed by atoms with van der Waals surface area (Å²) in [5.74, 6) is 0.584. The van der Waals surface area contributed by atoms with Crippen LogP contribution >= 0.6 is 39.9 Å². The summed E-state index contributed by atoms with van der Waals surface area (Å²) in [6, 6.07) is 5.58. The molecule has 0 radical (unpaired) electrons. The van der Waals surface area contributed by atoms with Crippen LogP contribution in [0, 0.1) is 0 Å². The Kier molecular flexibility index (Phi) is 3.86. The first kappa shape index (κ1) is 12.6. The van der Waals surface area contributed by atoms with E-state index in [0.29, 0.717) is 9.23 Å². The smallest absolute Gasteiger partial charge is 0.263 e. The summed E-state index contributed by atoms with van der Waals surface area (Å²) in [7, 11) is 1.60. The predicted octanol–water partition coefficient (Wildman–Crippen LogP) is 2.95. The van der Waals surface area contributed by atoms with E-state index in [2.05, 4.69) is 21.2 Å². The lowest BCUT2D eigenvalue weighted by Crippen LogP contribution is -2.17. The topological polar surface area (TPSA) is 38.3 Å². The zero-order chi connectivity index (χ0) is 12.4. The lowest BCUT2D eigenvalue weighted by molar-refractivity contribution is -0.115. The number of benzene rings is 1. The van der Waals surface area contributed by atoms with Gasteiger partial charge in [-0.1, -0.05) is 39.9 Å². The third-order valence-corrected chi connectivity index (χ3v) is 4.02. The Labute approximate surface area is 117 Å². The fraction of sp³-hybridized carbons (Fsp3) is 0.0909. The number of hydrogen-bond acceptors (Lipinski definition) is 4. The van der Waals surface area contributed by atoms with Crippen molar-refractivity contribution < 1.29 is 9.53 Å². The Balaban J connectivity index is 2.38. The van der Waals surface area contributed by atoms with Crippen molar-refractivity contribution in [2.45, 2.75) is 0 Å². The highest BCUT2D eigenvalue weighted by Crippen LogP contribution is 2.30. The van der Waals surface area contributed by atoms with E-state index in [-0.39, 0.29) is 5.91 Å². The van der Waals surface area contributed by atoms with Gasteiger partial charge in [-0.3, -0.25) is 4.79 Å². The standard InChI is InChI=1S/C11H8BrNO2S2/c1-15-7-2-3-8(12)6(4-7)5-9-10(14)13-11(16)17-9/h2-5H,1H3,(H,13,14,16)/b9-5+. The van der Waals surface area contributed by atoms with Crippen LogP contribution in [0.3, 0.4) is 0 Å². The lowest BCUT2D eigenvalue weighted by atomic mass is 10.2. The average Bonchev–Trinajstić information content (AvgIpc) is 2.60. The number of ether oxygens (including phenoxy) is 1. The SMILES string of the molecule is COc1ccc(Br)c(/C=C2/SC(=S)NC2=O)c1. The minimum absolute atomic E-state index is 0.158. The first-order valence-electron chi connectivity index (χ1n) is 4.68. The van der Waals surface area contributed by atoms with Gasteiger partial charge in [0.05, 0.1) is 12.0 Å². The van der Waals surface area contributed by atoms with Crippen molar-refractivity contribution in [3.63, 3.8) is 0 Å². The van der Waals surface area contributed by atoms with Crippen LogP contribution in [0.2, 0.25) is 0 Å². The molecular weight excluding hydrogens is 322 g/mol. The van der Waals surface area contributed by atoms with Crippen LogP contribution in [-0.4, -0.2) is 17.3 Å². The Morgan fingerprint density at radius 2 is 2.29 bits per heavy atom. The maximum Gasteiger partial charge on any atom is 0.263 e. The summed E-state index contributed by atoms with van der Waals surface area (Å²) < 4.78 is 6.53. The van der Waals surface area contributed by atoms with Gasteiger partial charge < -0.3 is 10.1 Å². The maximum atomic E-state index is 11.5.